The molecule has 0 amide bonds. The summed E-state index contributed by atoms with van der Waals surface area (Å²) in [6, 6.07) is 3.00. The van der Waals surface area contributed by atoms with Gasteiger partial charge in [0.2, 0.25) is 0 Å². The number of nitro groups is 1. The van der Waals surface area contributed by atoms with E-state index in [9.17, 15) is 10.1 Å². The van der Waals surface area contributed by atoms with Gasteiger partial charge in [0, 0.05) is 18.2 Å². The Bertz CT molecular complexity index is 485. The van der Waals surface area contributed by atoms with Gasteiger partial charge in [-0.1, -0.05) is 49.4 Å². The highest BCUT2D eigenvalue weighted by atomic mass is 35.5. The van der Waals surface area contributed by atoms with Gasteiger partial charge in [-0.2, -0.15) is 0 Å². The number of hydrogen-bond donors (Lipinski definition) is 1. The molecule has 4 nitrogen and oxygen atoms in total. The summed E-state index contributed by atoms with van der Waals surface area (Å²) < 4.78 is 0. The fourth-order valence-electron chi connectivity index (χ4n) is 2.70. The Morgan fingerprint density at radius 3 is 2.40 bits per heavy atom. The molecule has 1 saturated carbocycles. The van der Waals surface area contributed by atoms with Crippen LogP contribution in [0.2, 0.25) is 10.0 Å². The van der Waals surface area contributed by atoms with E-state index in [1.807, 2.05) is 0 Å². The third-order valence-electron chi connectivity index (χ3n) is 3.93. The average Bonchev–Trinajstić information content (AvgIpc) is 2.58. The van der Waals surface area contributed by atoms with Gasteiger partial charge in [0.15, 0.2) is 0 Å². The van der Waals surface area contributed by atoms with Crippen molar-refractivity contribution in [3.8, 4) is 0 Å². The predicted octanol–water partition coefficient (Wildman–Crippen LogP) is 5.28. The summed E-state index contributed by atoms with van der Waals surface area (Å²) in [5.74, 6) is 0.542. The number of benzene rings is 1. The zero-order chi connectivity index (χ0) is 14.7. The fourth-order valence-corrected chi connectivity index (χ4v) is 3.28. The van der Waals surface area contributed by atoms with E-state index < -0.39 is 4.92 Å². The highest BCUT2D eigenvalue weighted by Crippen LogP contribution is 2.37. The second kappa shape index (κ2) is 6.64. The van der Waals surface area contributed by atoms with Crippen LogP contribution in [0.5, 0.6) is 0 Å². The van der Waals surface area contributed by atoms with Gasteiger partial charge in [-0.25, -0.2) is 0 Å². The Balaban J connectivity index is 2.22. The third kappa shape index (κ3) is 3.55. The van der Waals surface area contributed by atoms with E-state index in [1.165, 1.54) is 37.8 Å². The molecule has 2 atom stereocenters. The summed E-state index contributed by atoms with van der Waals surface area (Å²) >= 11 is 12.3. The SMILES string of the molecule is CC1CCCCCC1Nc1c(Cl)cc([N+](=O)[O-])cc1Cl. The molecule has 2 unspecified atom stereocenters. The van der Waals surface area contributed by atoms with Gasteiger partial charge in [-0.15, -0.1) is 0 Å². The highest BCUT2D eigenvalue weighted by molar-refractivity contribution is 6.39. The van der Waals surface area contributed by atoms with Gasteiger partial charge in [-0.3, -0.25) is 10.1 Å². The number of rotatable bonds is 3. The van der Waals surface area contributed by atoms with E-state index in [1.54, 1.807) is 0 Å². The lowest BCUT2D eigenvalue weighted by molar-refractivity contribution is -0.384. The minimum atomic E-state index is -0.490. The first-order valence-corrected chi connectivity index (χ1v) is 7.64. The third-order valence-corrected chi connectivity index (χ3v) is 4.53. The lowest BCUT2D eigenvalue weighted by atomic mass is 9.96. The lowest BCUT2D eigenvalue weighted by Gasteiger charge is -2.25. The monoisotopic (exact) mass is 316 g/mol. The van der Waals surface area contributed by atoms with Crippen LogP contribution in [0.1, 0.15) is 39.0 Å². The smallest absolute Gasteiger partial charge is 0.272 e. The Morgan fingerprint density at radius 2 is 1.80 bits per heavy atom. The molecule has 0 heterocycles. The number of nitrogens with zero attached hydrogens (tertiary/aromatic N) is 1. The van der Waals surface area contributed by atoms with Gasteiger partial charge >= 0.3 is 0 Å². The van der Waals surface area contributed by atoms with Gasteiger partial charge in [0.25, 0.3) is 5.69 Å². The number of hydrogen-bond acceptors (Lipinski definition) is 3. The van der Waals surface area contributed by atoms with Crippen molar-refractivity contribution in [2.45, 2.75) is 45.1 Å². The quantitative estimate of drug-likeness (QED) is 0.468. The lowest BCUT2D eigenvalue weighted by Crippen LogP contribution is -2.26. The Labute approximate surface area is 128 Å². The summed E-state index contributed by atoms with van der Waals surface area (Å²) in [5, 5.41) is 14.8. The van der Waals surface area contributed by atoms with Gasteiger partial charge in [-0.05, 0) is 18.8 Å². The van der Waals surface area contributed by atoms with Crippen molar-refractivity contribution in [1.82, 2.24) is 0 Å². The average molecular weight is 317 g/mol. The van der Waals surface area contributed by atoms with Crippen LogP contribution in [-0.4, -0.2) is 11.0 Å². The number of halogens is 2. The summed E-state index contributed by atoms with van der Waals surface area (Å²) in [7, 11) is 0. The standard InChI is InChI=1S/C14H18Cl2N2O2/c1-9-5-3-2-4-6-13(9)17-14-11(15)7-10(18(19)20)8-12(14)16/h7-9,13,17H,2-6H2,1H3. The minimum Gasteiger partial charge on any atom is -0.380 e. The van der Waals surface area contributed by atoms with E-state index >= 15 is 0 Å². The summed E-state index contributed by atoms with van der Waals surface area (Å²) in [6.07, 6.45) is 5.94. The van der Waals surface area contributed by atoms with E-state index in [0.29, 0.717) is 27.7 Å². The molecule has 0 radical (unpaired) electrons. The van der Waals surface area contributed by atoms with Crippen molar-refractivity contribution in [3.05, 3.63) is 32.3 Å². The largest absolute Gasteiger partial charge is 0.380 e. The number of anilines is 1. The van der Waals surface area contributed by atoms with Crippen LogP contribution < -0.4 is 5.32 Å². The Kier molecular flexibility index (Phi) is 5.11. The predicted molar refractivity (Wildman–Crippen MR) is 82.8 cm³/mol. The van der Waals surface area contributed by atoms with Crippen LogP contribution in [0.4, 0.5) is 11.4 Å². The number of nitro benzene ring substituents is 1. The summed E-state index contributed by atoms with van der Waals surface area (Å²) in [6.45, 7) is 2.22. The molecule has 1 aliphatic rings. The molecule has 0 aliphatic heterocycles. The zero-order valence-corrected chi connectivity index (χ0v) is 12.9. The highest BCUT2D eigenvalue weighted by Gasteiger charge is 2.22. The van der Waals surface area contributed by atoms with Crippen molar-refractivity contribution in [1.29, 1.82) is 0 Å². The molecule has 0 aromatic heterocycles. The second-order valence-electron chi connectivity index (χ2n) is 5.41. The molecule has 2 rings (SSSR count). The minimum absolute atomic E-state index is 0.0838. The normalized spacial score (nSPS) is 23.1. The molecule has 1 aromatic rings. The fraction of sp³-hybridized carbons (Fsp3) is 0.571. The van der Waals surface area contributed by atoms with Crippen LogP contribution in [0.3, 0.4) is 0 Å². The van der Waals surface area contributed by atoms with Crippen LogP contribution in [0.15, 0.2) is 12.1 Å². The molecule has 110 valence electrons. The van der Waals surface area contributed by atoms with Crippen molar-refractivity contribution in [3.63, 3.8) is 0 Å². The van der Waals surface area contributed by atoms with E-state index in [0.717, 1.165) is 6.42 Å². The van der Waals surface area contributed by atoms with Crippen molar-refractivity contribution >= 4 is 34.6 Å². The van der Waals surface area contributed by atoms with Crippen molar-refractivity contribution in [2.75, 3.05) is 5.32 Å². The van der Waals surface area contributed by atoms with Crippen LogP contribution in [0.25, 0.3) is 0 Å². The van der Waals surface area contributed by atoms with Crippen LogP contribution in [0, 0.1) is 16.0 Å². The Hall–Kier alpha value is -1.00. The number of non-ortho nitro benzene ring substituents is 1. The summed E-state index contributed by atoms with van der Waals surface area (Å²) in [5.41, 5.74) is 0.525. The maximum Gasteiger partial charge on any atom is 0.272 e. The zero-order valence-electron chi connectivity index (χ0n) is 11.4. The molecule has 1 fully saturated rings. The van der Waals surface area contributed by atoms with Crippen LogP contribution in [-0.2, 0) is 0 Å². The van der Waals surface area contributed by atoms with E-state index in [-0.39, 0.29) is 5.69 Å². The van der Waals surface area contributed by atoms with Gasteiger partial charge in [0.05, 0.1) is 20.7 Å². The number of nitrogens with one attached hydrogen (secondary N) is 1. The first-order chi connectivity index (χ1) is 9.49. The topological polar surface area (TPSA) is 55.2 Å². The molecule has 0 saturated heterocycles. The second-order valence-corrected chi connectivity index (χ2v) is 6.22. The molecule has 1 aliphatic carbocycles. The maximum absolute atomic E-state index is 10.8. The van der Waals surface area contributed by atoms with Gasteiger partial charge < -0.3 is 5.32 Å². The summed E-state index contributed by atoms with van der Waals surface area (Å²) in [4.78, 5) is 10.3. The molecule has 6 heteroatoms. The van der Waals surface area contributed by atoms with Crippen molar-refractivity contribution in [2.24, 2.45) is 5.92 Å². The van der Waals surface area contributed by atoms with Gasteiger partial charge in [0.1, 0.15) is 0 Å². The molecule has 0 bridgehead atoms. The first kappa shape index (κ1) is 15.4. The first-order valence-electron chi connectivity index (χ1n) is 6.89. The molecular formula is C14H18Cl2N2O2. The molecule has 1 aromatic carbocycles. The van der Waals surface area contributed by atoms with Crippen LogP contribution >= 0.6 is 23.2 Å². The molecule has 1 N–H and O–H groups in total. The molecular weight excluding hydrogens is 299 g/mol. The molecule has 20 heavy (non-hydrogen) atoms. The maximum atomic E-state index is 10.8. The van der Waals surface area contributed by atoms with Crippen molar-refractivity contribution < 1.29 is 4.92 Å². The molecule has 0 spiro atoms. The van der Waals surface area contributed by atoms with E-state index in [2.05, 4.69) is 12.2 Å². The van der Waals surface area contributed by atoms with E-state index in [4.69, 9.17) is 23.2 Å². The Morgan fingerprint density at radius 1 is 1.20 bits per heavy atom.